The number of aromatic nitrogens is 1. The molecule has 1 aliphatic heterocycles. The van der Waals surface area contributed by atoms with E-state index in [1.165, 1.54) is 0 Å². The van der Waals surface area contributed by atoms with E-state index >= 15 is 0 Å². The lowest BCUT2D eigenvalue weighted by atomic mass is 10.2. The molecule has 1 aromatic heterocycles. The van der Waals surface area contributed by atoms with E-state index in [-0.39, 0.29) is 12.1 Å². The Morgan fingerprint density at radius 2 is 1.91 bits per heavy atom. The number of pyridine rings is 1. The molecular formula is C26H29N5O2S. The first kappa shape index (κ1) is 23.8. The summed E-state index contributed by atoms with van der Waals surface area (Å²) in [6, 6.07) is 19.6. The molecule has 4 rings (SSSR count). The van der Waals surface area contributed by atoms with Gasteiger partial charge in [0.1, 0.15) is 6.17 Å². The summed E-state index contributed by atoms with van der Waals surface area (Å²) in [5, 5.41) is 7.95. The Balaban J connectivity index is 1.48. The Labute approximate surface area is 205 Å². The summed E-state index contributed by atoms with van der Waals surface area (Å²) in [6.07, 6.45) is 4.78. The van der Waals surface area contributed by atoms with Crippen LogP contribution in [0.25, 0.3) is 17.0 Å². The van der Waals surface area contributed by atoms with Crippen LogP contribution < -0.4 is 10.6 Å². The third-order valence-electron chi connectivity index (χ3n) is 5.64. The lowest BCUT2D eigenvalue weighted by Crippen LogP contribution is -2.55. The van der Waals surface area contributed by atoms with Crippen molar-refractivity contribution >= 4 is 45.9 Å². The van der Waals surface area contributed by atoms with Gasteiger partial charge in [0.25, 0.3) is 0 Å². The zero-order chi connectivity index (χ0) is 23.8. The number of anilines is 1. The number of thiocarbonyl (C=S) groups is 1. The van der Waals surface area contributed by atoms with E-state index in [9.17, 15) is 4.79 Å². The highest BCUT2D eigenvalue weighted by molar-refractivity contribution is 7.80. The van der Waals surface area contributed by atoms with Crippen molar-refractivity contribution in [2.75, 3.05) is 38.3 Å². The summed E-state index contributed by atoms with van der Waals surface area (Å²) in [5.41, 5.74) is 2.65. The molecule has 2 N–H and O–H groups in total. The quantitative estimate of drug-likeness (QED) is 0.307. The van der Waals surface area contributed by atoms with Crippen LogP contribution in [0.3, 0.4) is 0 Å². The zero-order valence-electron chi connectivity index (χ0n) is 19.2. The number of amides is 1. The summed E-state index contributed by atoms with van der Waals surface area (Å²) < 4.78 is 5.49. The van der Waals surface area contributed by atoms with E-state index in [1.54, 1.807) is 18.3 Å². The first-order valence-corrected chi connectivity index (χ1v) is 11.8. The molecule has 0 spiro atoms. The molecule has 7 nitrogen and oxygen atoms in total. The summed E-state index contributed by atoms with van der Waals surface area (Å²) in [5.74, 6) is -0.182. The van der Waals surface area contributed by atoms with Gasteiger partial charge >= 0.3 is 0 Å². The number of hydrogen-bond acceptors (Lipinski definition) is 5. The van der Waals surface area contributed by atoms with Crippen LogP contribution in [0.1, 0.15) is 12.5 Å². The Bertz CT molecular complexity index is 1140. The van der Waals surface area contributed by atoms with Crippen LogP contribution >= 0.6 is 12.2 Å². The van der Waals surface area contributed by atoms with Gasteiger partial charge in [0.05, 0.1) is 31.1 Å². The summed E-state index contributed by atoms with van der Waals surface area (Å²) in [7, 11) is 0. The number of hydrogen-bond donors (Lipinski definition) is 2. The molecule has 2 heterocycles. The second kappa shape index (κ2) is 11.7. The molecule has 176 valence electrons. The topological polar surface area (TPSA) is 69.7 Å². The third kappa shape index (κ3) is 6.38. The van der Waals surface area contributed by atoms with Crippen molar-refractivity contribution < 1.29 is 9.53 Å². The predicted octanol–water partition coefficient (Wildman–Crippen LogP) is 3.70. The number of benzene rings is 2. The maximum Gasteiger partial charge on any atom is 0.245 e. The molecule has 2 aromatic carbocycles. The Hall–Kier alpha value is -3.33. The number of nitrogens with one attached hydrogen (secondary N) is 2. The van der Waals surface area contributed by atoms with Crippen LogP contribution in [-0.2, 0) is 9.53 Å². The van der Waals surface area contributed by atoms with Crippen LogP contribution in [0.2, 0.25) is 0 Å². The van der Waals surface area contributed by atoms with Crippen molar-refractivity contribution in [3.05, 3.63) is 78.5 Å². The number of rotatable bonds is 7. The minimum Gasteiger partial charge on any atom is -0.379 e. The fourth-order valence-electron chi connectivity index (χ4n) is 3.78. The van der Waals surface area contributed by atoms with Gasteiger partial charge < -0.3 is 20.3 Å². The molecule has 0 radical (unpaired) electrons. The highest BCUT2D eigenvalue weighted by atomic mass is 32.1. The van der Waals surface area contributed by atoms with Gasteiger partial charge in [-0.3, -0.25) is 14.7 Å². The molecule has 1 amide bonds. The van der Waals surface area contributed by atoms with E-state index < -0.39 is 0 Å². The third-order valence-corrected chi connectivity index (χ3v) is 5.97. The van der Waals surface area contributed by atoms with Crippen LogP contribution in [0.4, 0.5) is 5.69 Å². The van der Waals surface area contributed by atoms with Gasteiger partial charge in [0, 0.05) is 30.7 Å². The zero-order valence-corrected chi connectivity index (χ0v) is 20.0. The fourth-order valence-corrected chi connectivity index (χ4v) is 4.11. The number of fused-ring (bicyclic) bond motifs is 1. The number of carbonyl (C=O) groups is 1. The van der Waals surface area contributed by atoms with Crippen LogP contribution in [-0.4, -0.2) is 64.9 Å². The van der Waals surface area contributed by atoms with Crippen molar-refractivity contribution in [1.82, 2.24) is 20.1 Å². The highest BCUT2D eigenvalue weighted by Gasteiger charge is 2.23. The van der Waals surface area contributed by atoms with E-state index in [2.05, 4.69) is 20.5 Å². The number of ether oxygens (including phenoxy) is 1. The maximum absolute atomic E-state index is 12.6. The van der Waals surface area contributed by atoms with E-state index in [4.69, 9.17) is 17.0 Å². The first-order valence-electron chi connectivity index (χ1n) is 11.4. The number of morpholine rings is 1. The van der Waals surface area contributed by atoms with Gasteiger partial charge in [0.15, 0.2) is 5.11 Å². The first-order chi connectivity index (χ1) is 16.6. The normalized spacial score (nSPS) is 15.2. The molecule has 1 aliphatic rings. The van der Waals surface area contributed by atoms with Crippen LogP contribution in [0.5, 0.6) is 0 Å². The fraction of sp³-hybridized carbons (Fsp3) is 0.269. The SMILES string of the molecule is CC(NC(=O)/C=C/c1ccccc1)N(CN1CCOCC1)C(=S)Nc1cccc2cccnc12. The molecular weight excluding hydrogens is 446 g/mol. The molecule has 3 aromatic rings. The van der Waals surface area contributed by atoms with Gasteiger partial charge in [-0.15, -0.1) is 0 Å². The van der Waals surface area contributed by atoms with E-state index in [1.807, 2.05) is 72.5 Å². The standard InChI is InChI=1S/C26H29N5O2S/c1-20(28-24(32)13-12-21-7-3-2-4-8-21)31(19-30-15-17-33-18-16-30)26(34)29-23-11-5-9-22-10-6-14-27-25(22)23/h2-14,20H,15-19H2,1H3,(H,28,32)(H,29,34)/b13-12+. The number of carbonyl (C=O) groups excluding carboxylic acids is 1. The van der Waals surface area contributed by atoms with Crippen molar-refractivity contribution in [2.45, 2.75) is 13.1 Å². The summed E-state index contributed by atoms with van der Waals surface area (Å²) in [6.45, 7) is 5.48. The minimum atomic E-state index is -0.335. The molecule has 1 fully saturated rings. The van der Waals surface area contributed by atoms with Gasteiger partial charge in [-0.25, -0.2) is 0 Å². The predicted molar refractivity (Wildman–Crippen MR) is 140 cm³/mol. The lowest BCUT2D eigenvalue weighted by Gasteiger charge is -2.37. The molecule has 1 saturated heterocycles. The van der Waals surface area contributed by atoms with E-state index in [0.717, 1.165) is 35.2 Å². The molecule has 0 saturated carbocycles. The lowest BCUT2D eigenvalue weighted by molar-refractivity contribution is -0.118. The van der Waals surface area contributed by atoms with Crippen molar-refractivity contribution in [3.63, 3.8) is 0 Å². The van der Waals surface area contributed by atoms with Gasteiger partial charge in [0.2, 0.25) is 5.91 Å². The average molecular weight is 476 g/mol. The second-order valence-electron chi connectivity index (χ2n) is 8.08. The molecule has 8 heteroatoms. The molecule has 0 bridgehead atoms. The monoisotopic (exact) mass is 475 g/mol. The van der Waals surface area contributed by atoms with Gasteiger partial charge in [-0.2, -0.15) is 0 Å². The maximum atomic E-state index is 12.6. The average Bonchev–Trinajstić information content (AvgIpc) is 2.87. The minimum absolute atomic E-state index is 0.182. The van der Waals surface area contributed by atoms with E-state index in [0.29, 0.717) is 25.0 Å². The van der Waals surface area contributed by atoms with Crippen molar-refractivity contribution in [2.24, 2.45) is 0 Å². The number of nitrogens with zero attached hydrogens (tertiary/aromatic N) is 3. The van der Waals surface area contributed by atoms with Crippen molar-refractivity contribution in [3.8, 4) is 0 Å². The Morgan fingerprint density at radius 1 is 1.15 bits per heavy atom. The summed E-state index contributed by atoms with van der Waals surface area (Å²) >= 11 is 5.82. The van der Waals surface area contributed by atoms with Crippen molar-refractivity contribution in [1.29, 1.82) is 0 Å². The molecule has 1 atom stereocenters. The van der Waals surface area contributed by atoms with Crippen LogP contribution in [0.15, 0.2) is 72.9 Å². The number of para-hydroxylation sites is 1. The van der Waals surface area contributed by atoms with Gasteiger partial charge in [-0.05, 0) is 42.9 Å². The largest absolute Gasteiger partial charge is 0.379 e. The van der Waals surface area contributed by atoms with Crippen LogP contribution in [0, 0.1) is 0 Å². The molecule has 34 heavy (non-hydrogen) atoms. The molecule has 0 aliphatic carbocycles. The summed E-state index contributed by atoms with van der Waals surface area (Å²) in [4.78, 5) is 21.4. The Morgan fingerprint density at radius 3 is 2.71 bits per heavy atom. The second-order valence-corrected chi connectivity index (χ2v) is 8.47. The smallest absolute Gasteiger partial charge is 0.245 e. The van der Waals surface area contributed by atoms with Gasteiger partial charge in [-0.1, -0.05) is 48.5 Å². The highest BCUT2D eigenvalue weighted by Crippen LogP contribution is 2.21. The molecule has 1 unspecified atom stereocenters. The Kier molecular flexibility index (Phi) is 8.19.